The minimum Gasteiger partial charge on any atom is -0.481 e. The topological polar surface area (TPSA) is 54.4 Å². The fraction of sp³-hybridized carbons (Fsp3) is 0.529. The second-order valence-corrected chi connectivity index (χ2v) is 6.69. The molecular weight excluding hydrogens is 252 g/mol. The molecule has 20 heavy (non-hydrogen) atoms. The van der Waals surface area contributed by atoms with E-state index in [2.05, 4.69) is 0 Å². The summed E-state index contributed by atoms with van der Waals surface area (Å²) in [5.74, 6) is -0.605. The van der Waals surface area contributed by atoms with Gasteiger partial charge in [-0.15, -0.1) is 0 Å². The number of benzene rings is 1. The summed E-state index contributed by atoms with van der Waals surface area (Å²) in [6, 6.07) is 5.97. The number of carbonyl (C=O) groups is 2. The summed E-state index contributed by atoms with van der Waals surface area (Å²) in [7, 11) is 0. The summed E-state index contributed by atoms with van der Waals surface area (Å²) < 4.78 is 0. The van der Waals surface area contributed by atoms with E-state index in [9.17, 15) is 14.7 Å². The molecule has 0 aromatic heterocycles. The second kappa shape index (κ2) is 4.72. The molecule has 1 N–H and O–H groups in total. The molecule has 1 saturated carbocycles. The van der Waals surface area contributed by atoms with Crippen LogP contribution in [0.4, 0.5) is 0 Å². The minimum atomic E-state index is -0.762. The van der Waals surface area contributed by atoms with Crippen LogP contribution in [0, 0.1) is 12.8 Å². The molecule has 0 heterocycles. The Hall–Kier alpha value is -1.64. The largest absolute Gasteiger partial charge is 0.481 e. The highest BCUT2D eigenvalue weighted by molar-refractivity contribution is 5.86. The number of rotatable bonds is 5. The van der Waals surface area contributed by atoms with Crippen molar-refractivity contribution < 1.29 is 14.7 Å². The van der Waals surface area contributed by atoms with Crippen LogP contribution in [0.1, 0.15) is 50.3 Å². The quantitative estimate of drug-likeness (QED) is 0.839. The molecule has 1 aliphatic carbocycles. The summed E-state index contributed by atoms with van der Waals surface area (Å²) in [5.41, 5.74) is 1.84. The number of carboxylic acid groups (broad SMARTS) is 1. The monoisotopic (exact) mass is 274 g/mol. The van der Waals surface area contributed by atoms with Gasteiger partial charge in [0.2, 0.25) is 0 Å². The first kappa shape index (κ1) is 14.8. The van der Waals surface area contributed by atoms with E-state index < -0.39 is 11.4 Å². The van der Waals surface area contributed by atoms with Crippen molar-refractivity contribution in [2.24, 2.45) is 5.92 Å². The van der Waals surface area contributed by atoms with Crippen LogP contribution in [0.3, 0.4) is 0 Å². The number of hydrogen-bond acceptors (Lipinski definition) is 2. The van der Waals surface area contributed by atoms with Crippen molar-refractivity contribution in [3.05, 3.63) is 34.9 Å². The van der Waals surface area contributed by atoms with Gasteiger partial charge in [-0.1, -0.05) is 44.5 Å². The lowest BCUT2D eigenvalue weighted by molar-refractivity contribution is -0.140. The summed E-state index contributed by atoms with van der Waals surface area (Å²) in [6.45, 7) is 7.95. The third-order valence-electron chi connectivity index (χ3n) is 4.67. The molecule has 1 fully saturated rings. The average Bonchev–Trinajstić information content (AvgIpc) is 3.01. The van der Waals surface area contributed by atoms with Crippen LogP contribution in [-0.2, 0) is 20.4 Å². The highest BCUT2D eigenvalue weighted by atomic mass is 16.4. The van der Waals surface area contributed by atoms with Crippen LogP contribution in [0.5, 0.6) is 0 Å². The van der Waals surface area contributed by atoms with Gasteiger partial charge >= 0.3 is 5.97 Å². The predicted molar refractivity (Wildman–Crippen MR) is 78.0 cm³/mol. The van der Waals surface area contributed by atoms with Gasteiger partial charge in [-0.3, -0.25) is 4.79 Å². The van der Waals surface area contributed by atoms with Crippen molar-refractivity contribution in [2.75, 3.05) is 0 Å². The lowest BCUT2D eigenvalue weighted by atomic mass is 9.74. The van der Waals surface area contributed by atoms with Crippen LogP contribution in [0.15, 0.2) is 18.2 Å². The zero-order valence-corrected chi connectivity index (χ0v) is 12.6. The Morgan fingerprint density at radius 2 is 2.10 bits per heavy atom. The number of carboxylic acids is 1. The molecule has 1 aromatic rings. The van der Waals surface area contributed by atoms with Gasteiger partial charge in [0, 0.05) is 6.42 Å². The Balaban J connectivity index is 2.61. The maximum atomic E-state index is 11.8. The van der Waals surface area contributed by atoms with Crippen molar-refractivity contribution in [3.63, 3.8) is 0 Å². The lowest BCUT2D eigenvalue weighted by Crippen LogP contribution is -2.28. The number of hydrogen-bond donors (Lipinski definition) is 1. The Labute approximate surface area is 120 Å². The van der Waals surface area contributed by atoms with Crippen molar-refractivity contribution >= 4 is 12.3 Å². The standard InChI is InChI=1S/C17H22O3/c1-11-5-6-13(16(3,4)7-8-18)14(9-11)17(15(19)20)10-12(17)2/h5-6,8-9,12H,7,10H2,1-4H3,(H,19,20). The SMILES string of the molecule is Cc1ccc(C(C)(C)CC=O)c(C2(C(=O)O)CC2C)c1. The van der Waals surface area contributed by atoms with E-state index in [1.54, 1.807) is 0 Å². The number of carbonyl (C=O) groups excluding carboxylic acids is 1. The number of aldehydes is 1. The first-order valence-corrected chi connectivity index (χ1v) is 7.04. The molecule has 0 aliphatic heterocycles. The van der Waals surface area contributed by atoms with E-state index in [1.807, 2.05) is 45.9 Å². The first-order chi connectivity index (χ1) is 9.25. The van der Waals surface area contributed by atoms with Crippen LogP contribution in [0.2, 0.25) is 0 Å². The van der Waals surface area contributed by atoms with Gasteiger partial charge in [0.05, 0.1) is 5.41 Å². The molecule has 0 amide bonds. The van der Waals surface area contributed by atoms with Gasteiger partial charge in [-0.2, -0.15) is 0 Å². The van der Waals surface area contributed by atoms with Gasteiger partial charge in [0.15, 0.2) is 0 Å². The zero-order chi connectivity index (χ0) is 15.1. The van der Waals surface area contributed by atoms with Crippen LogP contribution >= 0.6 is 0 Å². The van der Waals surface area contributed by atoms with Crippen molar-refractivity contribution in [3.8, 4) is 0 Å². The molecule has 0 bridgehead atoms. The molecule has 2 unspecified atom stereocenters. The summed E-state index contributed by atoms with van der Waals surface area (Å²) in [6.07, 6.45) is 1.98. The molecule has 3 heteroatoms. The van der Waals surface area contributed by atoms with E-state index >= 15 is 0 Å². The van der Waals surface area contributed by atoms with Crippen LogP contribution in [0.25, 0.3) is 0 Å². The summed E-state index contributed by atoms with van der Waals surface area (Å²) >= 11 is 0. The van der Waals surface area contributed by atoms with E-state index in [1.165, 1.54) is 0 Å². The Kier molecular flexibility index (Phi) is 3.49. The Morgan fingerprint density at radius 1 is 1.50 bits per heavy atom. The third kappa shape index (κ3) is 2.15. The van der Waals surface area contributed by atoms with E-state index in [4.69, 9.17) is 0 Å². The molecule has 108 valence electrons. The Morgan fingerprint density at radius 3 is 2.55 bits per heavy atom. The molecule has 0 spiro atoms. The average molecular weight is 274 g/mol. The highest BCUT2D eigenvalue weighted by Crippen LogP contribution is 2.56. The normalized spacial score (nSPS) is 25.3. The van der Waals surface area contributed by atoms with E-state index in [0.717, 1.165) is 23.0 Å². The van der Waals surface area contributed by atoms with Gasteiger partial charge in [0.1, 0.15) is 6.29 Å². The second-order valence-electron chi connectivity index (χ2n) is 6.69. The molecule has 0 saturated heterocycles. The van der Waals surface area contributed by atoms with Crippen molar-refractivity contribution in [2.45, 2.75) is 51.4 Å². The summed E-state index contributed by atoms with van der Waals surface area (Å²) in [5, 5.41) is 9.67. The molecular formula is C17H22O3. The first-order valence-electron chi connectivity index (χ1n) is 7.04. The molecule has 2 atom stereocenters. The zero-order valence-electron chi connectivity index (χ0n) is 12.6. The van der Waals surface area contributed by atoms with Gasteiger partial charge in [-0.05, 0) is 35.8 Å². The maximum absolute atomic E-state index is 11.8. The van der Waals surface area contributed by atoms with Crippen molar-refractivity contribution in [1.82, 2.24) is 0 Å². The third-order valence-corrected chi connectivity index (χ3v) is 4.67. The predicted octanol–water partition coefficient (Wildman–Crippen LogP) is 3.22. The fourth-order valence-corrected chi connectivity index (χ4v) is 3.15. The van der Waals surface area contributed by atoms with Gasteiger partial charge in [-0.25, -0.2) is 0 Å². The van der Waals surface area contributed by atoms with Gasteiger partial charge in [0.25, 0.3) is 0 Å². The molecule has 2 rings (SSSR count). The van der Waals surface area contributed by atoms with Gasteiger partial charge < -0.3 is 9.90 Å². The lowest BCUT2D eigenvalue weighted by Gasteiger charge is -2.29. The maximum Gasteiger partial charge on any atom is 0.314 e. The minimum absolute atomic E-state index is 0.146. The Bertz CT molecular complexity index is 559. The fourth-order valence-electron chi connectivity index (χ4n) is 3.15. The molecule has 1 aliphatic rings. The summed E-state index contributed by atoms with van der Waals surface area (Å²) in [4.78, 5) is 22.7. The van der Waals surface area contributed by atoms with E-state index in [0.29, 0.717) is 12.8 Å². The van der Waals surface area contributed by atoms with E-state index in [-0.39, 0.29) is 11.3 Å². The smallest absolute Gasteiger partial charge is 0.314 e. The molecule has 3 nitrogen and oxygen atoms in total. The number of aryl methyl sites for hydroxylation is 1. The van der Waals surface area contributed by atoms with Crippen molar-refractivity contribution in [1.29, 1.82) is 0 Å². The molecule has 1 aromatic carbocycles. The molecule has 0 radical (unpaired) electrons. The number of aliphatic carboxylic acids is 1. The van der Waals surface area contributed by atoms with Crippen LogP contribution in [-0.4, -0.2) is 17.4 Å². The van der Waals surface area contributed by atoms with Crippen LogP contribution < -0.4 is 0 Å². The highest BCUT2D eigenvalue weighted by Gasteiger charge is 2.60.